The van der Waals surface area contributed by atoms with Gasteiger partial charge in [0.2, 0.25) is 0 Å². The van der Waals surface area contributed by atoms with Crippen molar-refractivity contribution in [1.82, 2.24) is 0 Å². The van der Waals surface area contributed by atoms with Crippen LogP contribution in [0.5, 0.6) is 0 Å². The Kier molecular flexibility index (Phi) is 2.02. The minimum absolute atomic E-state index is 0.0524. The van der Waals surface area contributed by atoms with Crippen molar-refractivity contribution in [2.75, 3.05) is 5.73 Å². The number of carboxylic acids is 1. The minimum Gasteiger partial charge on any atom is -0.478 e. The predicted octanol–water partition coefficient (Wildman–Crippen LogP) is 1.21. The van der Waals surface area contributed by atoms with Gasteiger partial charge in [0.25, 0.3) is 0 Å². The molecule has 4 nitrogen and oxygen atoms in total. The van der Waals surface area contributed by atoms with Gasteiger partial charge in [0.1, 0.15) is 15.9 Å². The molecule has 0 spiro atoms. The molecule has 1 aromatic rings. The number of hydrogen-bond donors (Lipinski definition) is 2. The first-order valence-corrected chi connectivity index (χ1v) is 3.91. The Hall–Kier alpha value is -1.54. The lowest BCUT2D eigenvalue weighted by Gasteiger charge is -1.91. The smallest absolute Gasteiger partial charge is 0.339 e. The number of thiophene rings is 1. The molecule has 0 radical (unpaired) electrons. The molecule has 62 valence electrons. The van der Waals surface area contributed by atoms with E-state index in [-0.39, 0.29) is 10.6 Å². The third-order valence-electron chi connectivity index (χ3n) is 1.49. The monoisotopic (exact) mass is 182 g/mol. The van der Waals surface area contributed by atoms with E-state index >= 15 is 0 Å². The largest absolute Gasteiger partial charge is 0.478 e. The van der Waals surface area contributed by atoms with Crippen molar-refractivity contribution in [2.45, 2.75) is 6.92 Å². The van der Waals surface area contributed by atoms with Gasteiger partial charge in [-0.1, -0.05) is 0 Å². The third kappa shape index (κ3) is 1.12. The Morgan fingerprint density at radius 2 is 2.33 bits per heavy atom. The number of rotatable bonds is 1. The normalized spacial score (nSPS) is 9.33. The molecular formula is C7H6N2O2S. The summed E-state index contributed by atoms with van der Waals surface area (Å²) >= 11 is 1.01. The zero-order valence-corrected chi connectivity index (χ0v) is 7.10. The summed E-state index contributed by atoms with van der Waals surface area (Å²) in [4.78, 5) is 11.0. The molecular weight excluding hydrogens is 176 g/mol. The van der Waals surface area contributed by atoms with Crippen LogP contribution in [-0.4, -0.2) is 11.1 Å². The molecule has 3 N–H and O–H groups in total. The fourth-order valence-electron chi connectivity index (χ4n) is 0.908. The number of carboxylic acid groups (broad SMARTS) is 1. The van der Waals surface area contributed by atoms with Gasteiger partial charge in [0.15, 0.2) is 0 Å². The number of nitrogens with two attached hydrogens (primary N) is 1. The molecule has 1 rings (SSSR count). The number of nitriles is 1. The molecule has 0 saturated carbocycles. The van der Waals surface area contributed by atoms with Crippen LogP contribution < -0.4 is 5.73 Å². The van der Waals surface area contributed by atoms with Gasteiger partial charge in [0, 0.05) is 0 Å². The van der Waals surface area contributed by atoms with Crippen molar-refractivity contribution >= 4 is 22.3 Å². The van der Waals surface area contributed by atoms with Gasteiger partial charge < -0.3 is 10.8 Å². The van der Waals surface area contributed by atoms with E-state index in [1.54, 1.807) is 6.92 Å². The lowest BCUT2D eigenvalue weighted by molar-refractivity contribution is 0.0698. The fourth-order valence-corrected chi connectivity index (χ4v) is 1.77. The van der Waals surface area contributed by atoms with Crippen LogP contribution in [0.3, 0.4) is 0 Å². The second-order valence-electron chi connectivity index (χ2n) is 2.21. The molecule has 1 heterocycles. The Morgan fingerprint density at radius 3 is 2.58 bits per heavy atom. The number of anilines is 1. The van der Waals surface area contributed by atoms with E-state index in [0.29, 0.717) is 10.4 Å². The first kappa shape index (κ1) is 8.56. The van der Waals surface area contributed by atoms with E-state index in [1.165, 1.54) is 0 Å². The highest BCUT2D eigenvalue weighted by atomic mass is 32.1. The molecule has 0 atom stereocenters. The summed E-state index contributed by atoms with van der Waals surface area (Å²) in [6, 6.07) is 1.89. The Balaban J connectivity index is 3.40. The summed E-state index contributed by atoms with van der Waals surface area (Å²) in [7, 11) is 0. The van der Waals surface area contributed by atoms with Crippen molar-refractivity contribution in [1.29, 1.82) is 5.26 Å². The summed E-state index contributed by atoms with van der Waals surface area (Å²) in [6.07, 6.45) is 0. The molecule has 0 aliphatic heterocycles. The standard InChI is InChI=1S/C7H6N2O2S/c1-3-4(2-8)12-6(9)5(3)7(10)11/h9H2,1H3,(H,10,11). The molecule has 0 unspecified atom stereocenters. The summed E-state index contributed by atoms with van der Waals surface area (Å²) in [6.45, 7) is 1.58. The van der Waals surface area contributed by atoms with Crippen LogP contribution in [0.4, 0.5) is 5.00 Å². The van der Waals surface area contributed by atoms with Gasteiger partial charge in [-0.2, -0.15) is 5.26 Å². The van der Waals surface area contributed by atoms with Crippen molar-refractivity contribution in [3.63, 3.8) is 0 Å². The van der Waals surface area contributed by atoms with Gasteiger partial charge in [-0.05, 0) is 12.5 Å². The maximum absolute atomic E-state index is 10.6. The van der Waals surface area contributed by atoms with Gasteiger partial charge >= 0.3 is 5.97 Å². The summed E-state index contributed by atoms with van der Waals surface area (Å²) in [5.74, 6) is -1.08. The fraction of sp³-hybridized carbons (Fsp3) is 0.143. The second kappa shape index (κ2) is 2.83. The summed E-state index contributed by atoms with van der Waals surface area (Å²) in [5.41, 5.74) is 5.91. The Bertz CT molecular complexity index is 375. The summed E-state index contributed by atoms with van der Waals surface area (Å²) in [5, 5.41) is 17.4. The lowest BCUT2D eigenvalue weighted by atomic mass is 10.2. The Morgan fingerprint density at radius 1 is 1.75 bits per heavy atom. The molecule has 12 heavy (non-hydrogen) atoms. The minimum atomic E-state index is -1.08. The molecule has 5 heteroatoms. The average molecular weight is 182 g/mol. The van der Waals surface area contributed by atoms with Crippen molar-refractivity contribution < 1.29 is 9.90 Å². The van der Waals surface area contributed by atoms with E-state index < -0.39 is 5.97 Å². The van der Waals surface area contributed by atoms with Crippen molar-refractivity contribution in [3.05, 3.63) is 16.0 Å². The number of nitrogens with zero attached hydrogens (tertiary/aromatic N) is 1. The van der Waals surface area contributed by atoms with Crippen LogP contribution in [0.15, 0.2) is 0 Å². The second-order valence-corrected chi connectivity index (χ2v) is 3.26. The molecule has 0 aliphatic carbocycles. The van der Waals surface area contributed by atoms with Crippen LogP contribution in [-0.2, 0) is 0 Å². The Labute approximate surface area is 72.9 Å². The van der Waals surface area contributed by atoms with Crippen LogP contribution in [0.25, 0.3) is 0 Å². The highest BCUT2D eigenvalue weighted by molar-refractivity contribution is 7.17. The highest BCUT2D eigenvalue weighted by Crippen LogP contribution is 2.29. The van der Waals surface area contributed by atoms with Gasteiger partial charge in [-0.25, -0.2) is 4.79 Å². The molecule has 0 fully saturated rings. The highest BCUT2D eigenvalue weighted by Gasteiger charge is 2.17. The molecule has 0 aliphatic rings. The van der Waals surface area contributed by atoms with Gasteiger partial charge in [-0.3, -0.25) is 0 Å². The quantitative estimate of drug-likeness (QED) is 0.683. The van der Waals surface area contributed by atoms with Crippen LogP contribution in [0.2, 0.25) is 0 Å². The average Bonchev–Trinajstić information content (AvgIpc) is 2.25. The third-order valence-corrected chi connectivity index (χ3v) is 2.52. The van der Waals surface area contributed by atoms with E-state index in [0.717, 1.165) is 11.3 Å². The number of nitrogen functional groups attached to an aromatic ring is 1. The topological polar surface area (TPSA) is 87.1 Å². The van der Waals surface area contributed by atoms with Crippen LogP contribution in [0, 0.1) is 18.3 Å². The number of carbonyl (C=O) groups is 1. The maximum atomic E-state index is 10.6. The van der Waals surface area contributed by atoms with Crippen LogP contribution in [0.1, 0.15) is 20.8 Å². The van der Waals surface area contributed by atoms with E-state index in [9.17, 15) is 4.79 Å². The van der Waals surface area contributed by atoms with Gasteiger partial charge in [-0.15, -0.1) is 11.3 Å². The predicted molar refractivity (Wildman–Crippen MR) is 45.1 cm³/mol. The van der Waals surface area contributed by atoms with E-state index in [1.807, 2.05) is 6.07 Å². The van der Waals surface area contributed by atoms with Crippen LogP contribution >= 0.6 is 11.3 Å². The van der Waals surface area contributed by atoms with Crippen molar-refractivity contribution in [3.8, 4) is 6.07 Å². The number of hydrogen-bond acceptors (Lipinski definition) is 4. The molecule has 0 aromatic carbocycles. The first-order chi connectivity index (χ1) is 5.57. The van der Waals surface area contributed by atoms with Crippen molar-refractivity contribution in [2.24, 2.45) is 0 Å². The lowest BCUT2D eigenvalue weighted by Crippen LogP contribution is -2.00. The van der Waals surface area contributed by atoms with E-state index in [4.69, 9.17) is 16.1 Å². The summed E-state index contributed by atoms with van der Waals surface area (Å²) < 4.78 is 0. The maximum Gasteiger partial charge on any atom is 0.339 e. The number of aromatic carboxylic acids is 1. The molecule has 0 saturated heterocycles. The van der Waals surface area contributed by atoms with Gasteiger partial charge in [0.05, 0.1) is 5.56 Å². The molecule has 0 amide bonds. The SMILES string of the molecule is Cc1c(C#N)sc(N)c1C(=O)O. The van der Waals surface area contributed by atoms with E-state index in [2.05, 4.69) is 0 Å². The molecule has 1 aromatic heterocycles. The zero-order chi connectivity index (χ0) is 9.30. The zero-order valence-electron chi connectivity index (χ0n) is 6.29. The molecule has 0 bridgehead atoms. The first-order valence-electron chi connectivity index (χ1n) is 3.10.